The molecule has 0 fully saturated rings. The van der Waals surface area contributed by atoms with Crippen molar-refractivity contribution in [2.45, 2.75) is 13.8 Å². The Kier molecular flexibility index (Phi) is 5.23. The van der Waals surface area contributed by atoms with Gasteiger partial charge in [0, 0.05) is 5.02 Å². The number of ether oxygens (including phenoxy) is 2. The maximum atomic E-state index is 12.4. The lowest BCUT2D eigenvalue weighted by atomic mass is 10.2. The van der Waals surface area contributed by atoms with Crippen LogP contribution in [0, 0.1) is 6.92 Å². The summed E-state index contributed by atoms with van der Waals surface area (Å²) in [7, 11) is 1.43. The van der Waals surface area contributed by atoms with Crippen molar-refractivity contribution in [3.8, 4) is 5.75 Å². The molecule has 2 aromatic rings. The van der Waals surface area contributed by atoms with Gasteiger partial charge in [0.1, 0.15) is 11.3 Å². The average Bonchev–Trinajstić information content (AvgIpc) is 2.88. The Bertz CT molecular complexity index is 741. The van der Waals surface area contributed by atoms with E-state index < -0.39 is 11.9 Å². The lowest BCUT2D eigenvalue weighted by molar-refractivity contribution is 0.0526. The minimum atomic E-state index is -0.625. The molecule has 0 spiro atoms. The number of hydrogen-bond donors (Lipinski definition) is 1. The molecule has 1 amide bonds. The second-order valence-corrected chi connectivity index (χ2v) is 4.93. The number of nitrogens with one attached hydrogen (secondary N) is 1. The van der Waals surface area contributed by atoms with Crippen LogP contribution < -0.4 is 10.1 Å². The number of methoxy groups -OCH3 is 1. The first-order valence-corrected chi connectivity index (χ1v) is 7.14. The fourth-order valence-corrected chi connectivity index (χ4v) is 2.10. The largest absolute Gasteiger partial charge is 0.496 e. The zero-order valence-electron chi connectivity index (χ0n) is 12.8. The smallest absolute Gasteiger partial charge is 0.345 e. The molecule has 1 aromatic heterocycles. The Labute approximate surface area is 137 Å². The molecule has 2 rings (SSSR count). The first-order valence-electron chi connectivity index (χ1n) is 6.76. The number of rotatable bonds is 5. The van der Waals surface area contributed by atoms with Crippen molar-refractivity contribution >= 4 is 29.4 Å². The lowest BCUT2D eigenvalue weighted by Crippen LogP contribution is -2.16. The van der Waals surface area contributed by atoms with Crippen LogP contribution in [0.15, 0.2) is 22.7 Å². The fraction of sp³-hybridized carbons (Fsp3) is 0.267. The molecule has 122 valence electrons. The molecular formula is C15H15ClN2O5. The third-order valence-corrected chi connectivity index (χ3v) is 3.21. The molecule has 7 nitrogen and oxygen atoms in total. The first-order chi connectivity index (χ1) is 11.0. The van der Waals surface area contributed by atoms with Crippen LogP contribution in [-0.4, -0.2) is 30.7 Å². The zero-order chi connectivity index (χ0) is 17.0. The second-order valence-electron chi connectivity index (χ2n) is 4.49. The lowest BCUT2D eigenvalue weighted by Gasteiger charge is -2.09. The number of amides is 1. The van der Waals surface area contributed by atoms with E-state index in [1.165, 1.54) is 13.2 Å². The van der Waals surface area contributed by atoms with Gasteiger partial charge in [-0.2, -0.15) is 0 Å². The zero-order valence-corrected chi connectivity index (χ0v) is 13.6. The molecule has 0 bridgehead atoms. The van der Waals surface area contributed by atoms with Crippen molar-refractivity contribution in [3.05, 3.63) is 40.0 Å². The van der Waals surface area contributed by atoms with Crippen molar-refractivity contribution < 1.29 is 23.6 Å². The van der Waals surface area contributed by atoms with E-state index >= 15 is 0 Å². The molecule has 0 radical (unpaired) electrons. The van der Waals surface area contributed by atoms with Crippen LogP contribution in [0.25, 0.3) is 0 Å². The molecule has 0 atom stereocenters. The SMILES string of the molecule is CCOC(=O)c1c(C)noc1NC(=O)c1cc(Cl)ccc1OC. The van der Waals surface area contributed by atoms with Crippen LogP contribution in [0.4, 0.5) is 5.88 Å². The van der Waals surface area contributed by atoms with Crippen LogP contribution in [-0.2, 0) is 4.74 Å². The Balaban J connectivity index is 2.31. The standard InChI is InChI=1S/C15H15ClN2O5/c1-4-22-15(20)12-8(2)18-23-14(12)17-13(19)10-7-9(16)5-6-11(10)21-3/h5-7H,4H2,1-3H3,(H,17,19). The van der Waals surface area contributed by atoms with Crippen molar-refractivity contribution in [1.29, 1.82) is 0 Å². The van der Waals surface area contributed by atoms with E-state index in [0.29, 0.717) is 16.5 Å². The highest BCUT2D eigenvalue weighted by Gasteiger charge is 2.24. The van der Waals surface area contributed by atoms with Crippen molar-refractivity contribution in [1.82, 2.24) is 5.16 Å². The molecule has 0 aliphatic carbocycles. The summed E-state index contributed by atoms with van der Waals surface area (Å²) in [6.07, 6.45) is 0. The quantitative estimate of drug-likeness (QED) is 0.842. The van der Waals surface area contributed by atoms with Gasteiger partial charge in [-0.25, -0.2) is 4.79 Å². The second kappa shape index (κ2) is 7.15. The van der Waals surface area contributed by atoms with Crippen LogP contribution in [0.1, 0.15) is 33.3 Å². The van der Waals surface area contributed by atoms with E-state index in [0.717, 1.165) is 0 Å². The number of hydrogen-bond acceptors (Lipinski definition) is 6. The summed E-state index contributed by atoms with van der Waals surface area (Å²) in [4.78, 5) is 24.3. The number of halogens is 1. The first kappa shape index (κ1) is 16.8. The molecule has 1 heterocycles. The number of esters is 1. The summed E-state index contributed by atoms with van der Waals surface area (Å²) in [5.41, 5.74) is 0.585. The number of benzene rings is 1. The van der Waals surface area contributed by atoms with Gasteiger partial charge in [0.2, 0.25) is 5.88 Å². The molecule has 8 heteroatoms. The van der Waals surface area contributed by atoms with Gasteiger partial charge in [-0.3, -0.25) is 10.1 Å². The van der Waals surface area contributed by atoms with Crippen molar-refractivity contribution in [3.63, 3.8) is 0 Å². The van der Waals surface area contributed by atoms with Crippen LogP contribution in [0.3, 0.4) is 0 Å². The predicted octanol–water partition coefficient (Wildman–Crippen LogP) is 3.07. The summed E-state index contributed by atoms with van der Waals surface area (Å²) in [5.74, 6) is -0.931. The molecule has 0 unspecified atom stereocenters. The van der Waals surface area contributed by atoms with E-state index in [1.54, 1.807) is 26.0 Å². The van der Waals surface area contributed by atoms with E-state index in [2.05, 4.69) is 10.5 Å². The molecular weight excluding hydrogens is 324 g/mol. The summed E-state index contributed by atoms with van der Waals surface area (Å²) >= 11 is 5.90. The van der Waals surface area contributed by atoms with Gasteiger partial charge >= 0.3 is 5.97 Å². The van der Waals surface area contributed by atoms with Gasteiger partial charge in [0.15, 0.2) is 0 Å². The van der Waals surface area contributed by atoms with Gasteiger partial charge in [0.25, 0.3) is 5.91 Å². The number of anilines is 1. The Hall–Kier alpha value is -2.54. The fourth-order valence-electron chi connectivity index (χ4n) is 1.93. The van der Waals surface area contributed by atoms with Crippen LogP contribution >= 0.6 is 11.6 Å². The normalized spacial score (nSPS) is 10.3. The molecule has 1 aromatic carbocycles. The van der Waals surface area contributed by atoms with Crippen LogP contribution in [0.2, 0.25) is 5.02 Å². The number of carbonyl (C=O) groups is 2. The van der Waals surface area contributed by atoms with Gasteiger partial charge in [0.05, 0.1) is 25.0 Å². The monoisotopic (exact) mass is 338 g/mol. The molecule has 0 aliphatic heterocycles. The minimum Gasteiger partial charge on any atom is -0.496 e. The van der Waals surface area contributed by atoms with E-state index in [1.807, 2.05) is 0 Å². The van der Waals surface area contributed by atoms with Gasteiger partial charge in [-0.05, 0) is 32.0 Å². The van der Waals surface area contributed by atoms with Gasteiger partial charge in [-0.1, -0.05) is 16.8 Å². The molecule has 0 aliphatic rings. The van der Waals surface area contributed by atoms with E-state index in [9.17, 15) is 9.59 Å². The summed E-state index contributed by atoms with van der Waals surface area (Å²) in [5, 5.41) is 6.53. The number of nitrogens with zero attached hydrogens (tertiary/aromatic N) is 1. The van der Waals surface area contributed by atoms with Gasteiger partial charge < -0.3 is 14.0 Å². The van der Waals surface area contributed by atoms with E-state index in [4.69, 9.17) is 25.6 Å². The maximum Gasteiger partial charge on any atom is 0.345 e. The molecule has 23 heavy (non-hydrogen) atoms. The summed E-state index contributed by atoms with van der Waals surface area (Å²) in [6.45, 7) is 3.44. The van der Waals surface area contributed by atoms with Gasteiger partial charge in [-0.15, -0.1) is 0 Å². The third kappa shape index (κ3) is 3.62. The third-order valence-electron chi connectivity index (χ3n) is 2.98. The Morgan fingerprint density at radius 2 is 2.13 bits per heavy atom. The topological polar surface area (TPSA) is 90.7 Å². The predicted molar refractivity (Wildman–Crippen MR) is 83.2 cm³/mol. The van der Waals surface area contributed by atoms with Crippen molar-refractivity contribution in [2.24, 2.45) is 0 Å². The maximum absolute atomic E-state index is 12.4. The molecule has 0 saturated carbocycles. The summed E-state index contributed by atoms with van der Waals surface area (Å²) in [6, 6.07) is 4.61. The number of aryl methyl sites for hydroxylation is 1. The minimum absolute atomic E-state index is 0.0706. The Morgan fingerprint density at radius 3 is 2.78 bits per heavy atom. The number of carbonyl (C=O) groups excluding carboxylic acids is 2. The number of aromatic nitrogens is 1. The average molecular weight is 339 g/mol. The van der Waals surface area contributed by atoms with Crippen LogP contribution in [0.5, 0.6) is 5.75 Å². The molecule has 1 N–H and O–H groups in total. The van der Waals surface area contributed by atoms with Crippen molar-refractivity contribution in [2.75, 3.05) is 19.0 Å². The highest BCUT2D eigenvalue weighted by atomic mass is 35.5. The highest BCUT2D eigenvalue weighted by molar-refractivity contribution is 6.31. The molecule has 0 saturated heterocycles. The van der Waals surface area contributed by atoms with E-state index in [-0.39, 0.29) is 23.6 Å². The highest BCUT2D eigenvalue weighted by Crippen LogP contribution is 2.26. The Morgan fingerprint density at radius 1 is 1.39 bits per heavy atom. The summed E-state index contributed by atoms with van der Waals surface area (Å²) < 4.78 is 15.0.